The maximum Gasteiger partial charge on any atom is 0.444 e. The van der Waals surface area contributed by atoms with Crippen molar-refractivity contribution in [1.29, 1.82) is 0 Å². The van der Waals surface area contributed by atoms with Crippen LogP contribution in [0.2, 0.25) is 0 Å². The molecular weight excluding hydrogens is 301 g/mol. The summed E-state index contributed by atoms with van der Waals surface area (Å²) in [5, 5.41) is 0. The second kappa shape index (κ2) is 4.94. The molecule has 0 saturated carbocycles. The second-order valence-corrected chi connectivity index (χ2v) is 3.43. The van der Waals surface area contributed by atoms with Crippen molar-refractivity contribution >= 4 is 11.7 Å². The smallest absolute Gasteiger partial charge is 0.444 e. The molecule has 0 aromatic heterocycles. The third-order valence-corrected chi connectivity index (χ3v) is 2.19. The van der Waals surface area contributed by atoms with E-state index in [1.165, 1.54) is 0 Å². The molecule has 20 heavy (non-hydrogen) atoms. The zero-order valence-electron chi connectivity index (χ0n) is 9.93. The van der Waals surface area contributed by atoms with Gasteiger partial charge in [-0.3, -0.25) is 0 Å². The van der Waals surface area contributed by atoms with Gasteiger partial charge in [-0.1, -0.05) is 0 Å². The molecule has 1 aliphatic heterocycles. The van der Waals surface area contributed by atoms with Gasteiger partial charge in [0.05, 0.1) is 14.2 Å². The molecule has 0 bridgehead atoms. The van der Waals surface area contributed by atoms with E-state index in [4.69, 9.17) is 0 Å². The highest BCUT2D eigenvalue weighted by molar-refractivity contribution is 6.04. The molecule has 0 aromatic carbocycles. The van der Waals surface area contributed by atoms with Crippen LogP contribution < -0.4 is 4.99 Å². The van der Waals surface area contributed by atoms with Crippen molar-refractivity contribution in [2.24, 2.45) is 4.99 Å². The molecule has 0 aromatic rings. The lowest BCUT2D eigenvalue weighted by Gasteiger charge is -2.25. The highest BCUT2D eigenvalue weighted by atomic mass is 19.4. The SMILES string of the molecule is COC1=CC(OC)=[N+]C(C(F)(C(F)(F)F)C(F)(F)F)=N1. The van der Waals surface area contributed by atoms with Gasteiger partial charge in [0.2, 0.25) is 0 Å². The third kappa shape index (κ3) is 2.56. The molecular formula is C9H7F7N2O2+. The number of ether oxygens (including phenoxy) is 2. The Bertz CT molecular complexity index is 457. The topological polar surface area (TPSA) is 44.9 Å². The van der Waals surface area contributed by atoms with Crippen LogP contribution in [0.1, 0.15) is 0 Å². The summed E-state index contributed by atoms with van der Waals surface area (Å²) in [6.45, 7) is 0. The third-order valence-electron chi connectivity index (χ3n) is 2.19. The first-order valence-corrected chi connectivity index (χ1v) is 4.77. The fourth-order valence-electron chi connectivity index (χ4n) is 1.18. The predicted octanol–water partition coefficient (Wildman–Crippen LogP) is 2.10. The molecule has 0 N–H and O–H groups in total. The van der Waals surface area contributed by atoms with E-state index in [1.54, 1.807) is 0 Å². The van der Waals surface area contributed by atoms with Crippen LogP contribution in [0.15, 0.2) is 17.0 Å². The molecule has 1 aliphatic rings. The lowest BCUT2D eigenvalue weighted by Crippen LogP contribution is -2.61. The number of nitrogens with zero attached hydrogens (tertiary/aromatic N) is 2. The minimum Gasteiger partial charge on any atom is -0.463 e. The van der Waals surface area contributed by atoms with Gasteiger partial charge < -0.3 is 9.47 Å². The van der Waals surface area contributed by atoms with E-state index in [0.717, 1.165) is 20.3 Å². The molecule has 113 valence electrons. The van der Waals surface area contributed by atoms with E-state index < -0.39 is 35.6 Å². The van der Waals surface area contributed by atoms with E-state index in [-0.39, 0.29) is 0 Å². The summed E-state index contributed by atoms with van der Waals surface area (Å²) in [6, 6.07) is 0. The summed E-state index contributed by atoms with van der Waals surface area (Å²) in [6.07, 6.45) is -11.8. The Balaban J connectivity index is 3.49. The summed E-state index contributed by atoms with van der Waals surface area (Å²) >= 11 is 0. The van der Waals surface area contributed by atoms with Gasteiger partial charge in [0.15, 0.2) is 0 Å². The van der Waals surface area contributed by atoms with Crippen LogP contribution in [0.4, 0.5) is 30.7 Å². The van der Waals surface area contributed by atoms with Crippen LogP contribution in [0.5, 0.6) is 0 Å². The highest BCUT2D eigenvalue weighted by Gasteiger charge is 2.80. The van der Waals surface area contributed by atoms with Gasteiger partial charge in [-0.25, -0.2) is 4.39 Å². The Hall–Kier alpha value is -1.81. The average molecular weight is 308 g/mol. The van der Waals surface area contributed by atoms with Crippen LogP contribution >= 0.6 is 0 Å². The van der Waals surface area contributed by atoms with Gasteiger partial charge in [-0.15, -0.1) is 0 Å². The van der Waals surface area contributed by atoms with Crippen LogP contribution in [0.25, 0.3) is 0 Å². The van der Waals surface area contributed by atoms with Crippen molar-refractivity contribution in [3.8, 4) is 0 Å². The van der Waals surface area contributed by atoms with E-state index in [1.807, 2.05) is 0 Å². The molecule has 0 atom stereocenters. The standard InChI is InChI=1S/C9H7F7N2O2/c1-19-4-3-5(20-2)18-6(17-4)7(10,8(11,12)13)9(14,15)16/h3H,1-2H3/q+1. The van der Waals surface area contributed by atoms with Gasteiger partial charge in [0.25, 0.3) is 0 Å². The molecule has 1 radical (unpaired) electrons. The van der Waals surface area contributed by atoms with E-state index in [9.17, 15) is 30.7 Å². The van der Waals surface area contributed by atoms with E-state index >= 15 is 0 Å². The molecule has 1 heterocycles. The van der Waals surface area contributed by atoms with Gasteiger partial charge in [0.1, 0.15) is 6.08 Å². The maximum atomic E-state index is 13.7. The lowest BCUT2D eigenvalue weighted by atomic mass is 10.0. The van der Waals surface area contributed by atoms with Crippen molar-refractivity contribution in [2.45, 2.75) is 18.0 Å². The first-order valence-electron chi connectivity index (χ1n) is 4.77. The molecule has 11 heteroatoms. The van der Waals surface area contributed by atoms with Crippen molar-refractivity contribution in [1.82, 2.24) is 4.99 Å². The summed E-state index contributed by atoms with van der Waals surface area (Å²) in [5.74, 6) is -3.57. The van der Waals surface area contributed by atoms with Gasteiger partial charge in [0, 0.05) is 9.98 Å². The number of amidine groups is 1. The average Bonchev–Trinajstić information content (AvgIpc) is 2.34. The molecule has 0 fully saturated rings. The number of aliphatic imine (C=N–C) groups is 2. The Kier molecular flexibility index (Phi) is 4.02. The minimum atomic E-state index is -6.30. The first-order chi connectivity index (χ1) is 8.97. The Labute approximate surface area is 107 Å². The van der Waals surface area contributed by atoms with Gasteiger partial charge >= 0.3 is 35.6 Å². The van der Waals surface area contributed by atoms with Crippen molar-refractivity contribution < 1.29 is 40.2 Å². The predicted molar refractivity (Wildman–Crippen MR) is 52.6 cm³/mol. The Morgan fingerprint density at radius 3 is 1.80 bits per heavy atom. The molecule has 1 rings (SSSR count). The zero-order chi connectivity index (χ0) is 15.8. The summed E-state index contributed by atoms with van der Waals surface area (Å²) in [4.78, 5) is 5.55. The zero-order valence-corrected chi connectivity index (χ0v) is 9.93. The lowest BCUT2D eigenvalue weighted by molar-refractivity contribution is -0.313. The van der Waals surface area contributed by atoms with Gasteiger partial charge in [-0.2, -0.15) is 26.3 Å². The normalized spacial score (nSPS) is 17.1. The number of rotatable bonds is 2. The molecule has 4 nitrogen and oxygen atoms in total. The number of halogens is 7. The van der Waals surface area contributed by atoms with Crippen molar-refractivity contribution in [3.05, 3.63) is 12.0 Å². The van der Waals surface area contributed by atoms with Crippen molar-refractivity contribution in [2.75, 3.05) is 14.2 Å². The summed E-state index contributed by atoms with van der Waals surface area (Å²) < 4.78 is 97.5. The quantitative estimate of drug-likeness (QED) is 0.733. The number of alkyl halides is 7. The molecule has 0 aliphatic carbocycles. The van der Waals surface area contributed by atoms with Crippen LogP contribution in [-0.4, -0.2) is 44.0 Å². The van der Waals surface area contributed by atoms with Gasteiger partial charge in [-0.05, 0) is 0 Å². The highest BCUT2D eigenvalue weighted by Crippen LogP contribution is 2.47. The van der Waals surface area contributed by atoms with E-state index in [2.05, 4.69) is 19.5 Å². The number of methoxy groups -OCH3 is 2. The maximum absolute atomic E-state index is 13.7. The number of hydrogen-bond donors (Lipinski definition) is 0. The fraction of sp³-hybridized carbons (Fsp3) is 0.556. The largest absolute Gasteiger partial charge is 0.463 e. The second-order valence-electron chi connectivity index (χ2n) is 3.43. The summed E-state index contributed by atoms with van der Waals surface area (Å²) in [5.41, 5.74) is -5.73. The van der Waals surface area contributed by atoms with Crippen molar-refractivity contribution in [3.63, 3.8) is 0 Å². The Morgan fingerprint density at radius 2 is 1.45 bits per heavy atom. The first kappa shape index (κ1) is 16.2. The van der Waals surface area contributed by atoms with Crippen LogP contribution in [0, 0.1) is 0 Å². The van der Waals surface area contributed by atoms with Crippen LogP contribution in [-0.2, 0) is 9.47 Å². The van der Waals surface area contributed by atoms with Crippen LogP contribution in [0.3, 0.4) is 0 Å². The molecule has 0 amide bonds. The molecule has 0 saturated heterocycles. The van der Waals surface area contributed by atoms with E-state index in [0.29, 0.717) is 0 Å². The summed E-state index contributed by atoms with van der Waals surface area (Å²) in [7, 11) is 1.85. The minimum absolute atomic E-state index is 0.706. The fourth-order valence-corrected chi connectivity index (χ4v) is 1.18. The Morgan fingerprint density at radius 1 is 0.950 bits per heavy atom. The molecule has 0 unspecified atom stereocenters. The monoisotopic (exact) mass is 308 g/mol. The number of hydrogen-bond acceptors (Lipinski definition) is 4. The molecule has 0 spiro atoms.